The van der Waals surface area contributed by atoms with Gasteiger partial charge in [0.2, 0.25) is 0 Å². The Hall–Kier alpha value is -3.02. The van der Waals surface area contributed by atoms with Gasteiger partial charge in [-0.25, -0.2) is 5.01 Å². The van der Waals surface area contributed by atoms with Crippen LogP contribution in [0, 0.1) is 13.8 Å². The Labute approximate surface area is 166 Å². The van der Waals surface area contributed by atoms with Crippen molar-refractivity contribution in [1.29, 1.82) is 0 Å². The molecule has 28 heavy (non-hydrogen) atoms. The van der Waals surface area contributed by atoms with Crippen molar-refractivity contribution >= 4 is 11.8 Å². The smallest absolute Gasteiger partial charge is 0.276 e. The average Bonchev–Trinajstić information content (AvgIpc) is 2.66. The standard InChI is InChI=1S/C22H28N2O4/c1-14-9-8-10-17(15(14)2)20(25)23-24(22(3,4)5)21(26)18-13-16(27-6)11-12-19(18)28-7/h8-13H,1-7H3,(H,23,25). The van der Waals surface area contributed by atoms with Crippen molar-refractivity contribution in [1.82, 2.24) is 10.4 Å². The molecule has 0 atom stereocenters. The molecule has 2 aromatic carbocycles. The van der Waals surface area contributed by atoms with Gasteiger partial charge in [-0.1, -0.05) is 12.1 Å². The maximum Gasteiger partial charge on any atom is 0.276 e. The van der Waals surface area contributed by atoms with Gasteiger partial charge in [0.15, 0.2) is 0 Å². The van der Waals surface area contributed by atoms with Crippen molar-refractivity contribution < 1.29 is 19.1 Å². The number of hydrogen-bond donors (Lipinski definition) is 1. The van der Waals surface area contributed by atoms with Crippen molar-refractivity contribution in [3.05, 3.63) is 58.7 Å². The average molecular weight is 384 g/mol. The quantitative estimate of drug-likeness (QED) is 0.812. The Morgan fingerprint density at radius 2 is 1.64 bits per heavy atom. The number of aryl methyl sites for hydroxylation is 1. The normalized spacial score (nSPS) is 11.0. The Balaban J connectivity index is 2.43. The molecule has 150 valence electrons. The van der Waals surface area contributed by atoms with Crippen LogP contribution in [0.25, 0.3) is 0 Å². The largest absolute Gasteiger partial charge is 0.497 e. The van der Waals surface area contributed by atoms with Crippen molar-refractivity contribution in [3.63, 3.8) is 0 Å². The monoisotopic (exact) mass is 384 g/mol. The van der Waals surface area contributed by atoms with E-state index in [9.17, 15) is 9.59 Å². The third-order valence-electron chi connectivity index (χ3n) is 4.57. The molecule has 0 bridgehead atoms. The summed E-state index contributed by atoms with van der Waals surface area (Å²) >= 11 is 0. The van der Waals surface area contributed by atoms with Gasteiger partial charge in [0.1, 0.15) is 11.5 Å². The number of hydrazine groups is 1. The Morgan fingerprint density at radius 3 is 2.21 bits per heavy atom. The minimum atomic E-state index is -0.668. The molecule has 0 fully saturated rings. The van der Waals surface area contributed by atoms with Crippen molar-refractivity contribution in [2.45, 2.75) is 40.2 Å². The van der Waals surface area contributed by atoms with Gasteiger partial charge in [-0.2, -0.15) is 0 Å². The SMILES string of the molecule is COc1ccc(OC)c(C(=O)N(NC(=O)c2cccc(C)c2C)C(C)(C)C)c1. The minimum absolute atomic E-state index is 0.304. The summed E-state index contributed by atoms with van der Waals surface area (Å²) in [4.78, 5) is 26.3. The lowest BCUT2D eigenvalue weighted by Crippen LogP contribution is -2.56. The molecule has 0 unspecified atom stereocenters. The van der Waals surface area contributed by atoms with Crippen LogP contribution in [0.2, 0.25) is 0 Å². The number of ether oxygens (including phenoxy) is 2. The summed E-state index contributed by atoms with van der Waals surface area (Å²) < 4.78 is 10.6. The number of amides is 2. The van der Waals surface area contributed by atoms with Gasteiger partial charge in [-0.15, -0.1) is 0 Å². The number of nitrogens with zero attached hydrogens (tertiary/aromatic N) is 1. The molecule has 0 saturated heterocycles. The fourth-order valence-electron chi connectivity index (χ4n) is 2.78. The number of benzene rings is 2. The molecule has 0 spiro atoms. The van der Waals surface area contributed by atoms with Crippen LogP contribution < -0.4 is 14.9 Å². The van der Waals surface area contributed by atoms with Crippen molar-refractivity contribution in [3.8, 4) is 11.5 Å². The number of carbonyl (C=O) groups is 2. The summed E-state index contributed by atoms with van der Waals surface area (Å²) in [6, 6.07) is 10.5. The molecule has 6 heteroatoms. The molecule has 0 aliphatic rings. The number of nitrogens with one attached hydrogen (secondary N) is 1. The van der Waals surface area contributed by atoms with Gasteiger partial charge in [-0.05, 0) is 70.0 Å². The van der Waals surface area contributed by atoms with Gasteiger partial charge in [0.05, 0.1) is 25.3 Å². The summed E-state index contributed by atoms with van der Waals surface area (Å²) in [5, 5.41) is 1.33. The lowest BCUT2D eigenvalue weighted by Gasteiger charge is -2.36. The summed E-state index contributed by atoms with van der Waals surface area (Å²) in [6.07, 6.45) is 0. The zero-order valence-corrected chi connectivity index (χ0v) is 17.5. The van der Waals surface area contributed by atoms with E-state index in [0.717, 1.165) is 11.1 Å². The number of methoxy groups -OCH3 is 2. The summed E-state index contributed by atoms with van der Waals surface area (Å²) in [5.74, 6) is 0.202. The molecule has 0 saturated carbocycles. The van der Waals surface area contributed by atoms with E-state index in [4.69, 9.17) is 9.47 Å². The fourth-order valence-corrected chi connectivity index (χ4v) is 2.78. The van der Waals surface area contributed by atoms with E-state index in [-0.39, 0.29) is 11.8 Å². The Bertz CT molecular complexity index is 885. The first-order chi connectivity index (χ1) is 13.1. The van der Waals surface area contributed by atoms with E-state index in [1.54, 1.807) is 24.3 Å². The van der Waals surface area contributed by atoms with E-state index in [1.807, 2.05) is 46.8 Å². The molecule has 2 aromatic rings. The summed E-state index contributed by atoms with van der Waals surface area (Å²) in [5.41, 5.74) is 4.83. The highest BCUT2D eigenvalue weighted by Gasteiger charge is 2.32. The van der Waals surface area contributed by atoms with Gasteiger partial charge in [0, 0.05) is 5.56 Å². The Kier molecular flexibility index (Phi) is 6.33. The second kappa shape index (κ2) is 8.33. The zero-order chi connectivity index (χ0) is 21.1. The highest BCUT2D eigenvalue weighted by atomic mass is 16.5. The predicted molar refractivity (Wildman–Crippen MR) is 109 cm³/mol. The molecule has 0 aliphatic carbocycles. The summed E-state index contributed by atoms with van der Waals surface area (Å²) in [7, 11) is 3.02. The van der Waals surface area contributed by atoms with Gasteiger partial charge >= 0.3 is 0 Å². The van der Waals surface area contributed by atoms with Crippen molar-refractivity contribution in [2.24, 2.45) is 0 Å². The predicted octanol–water partition coefficient (Wildman–Crippen LogP) is 3.91. The number of carbonyl (C=O) groups excluding carboxylic acids is 2. The first kappa shape index (κ1) is 21.3. The van der Waals surface area contributed by atoms with E-state index in [1.165, 1.54) is 19.2 Å². The van der Waals surface area contributed by atoms with Crippen molar-refractivity contribution in [2.75, 3.05) is 14.2 Å². The molecular weight excluding hydrogens is 356 g/mol. The van der Waals surface area contributed by atoms with Crippen LogP contribution in [0.1, 0.15) is 52.6 Å². The van der Waals surface area contributed by atoms with Crippen LogP contribution in [0.5, 0.6) is 11.5 Å². The zero-order valence-electron chi connectivity index (χ0n) is 17.5. The first-order valence-corrected chi connectivity index (χ1v) is 9.04. The van der Waals surface area contributed by atoms with E-state index in [0.29, 0.717) is 22.6 Å². The van der Waals surface area contributed by atoms with Gasteiger partial charge in [0.25, 0.3) is 11.8 Å². The highest BCUT2D eigenvalue weighted by Crippen LogP contribution is 2.27. The van der Waals surface area contributed by atoms with E-state index >= 15 is 0 Å². The summed E-state index contributed by atoms with van der Waals surface area (Å²) in [6.45, 7) is 9.38. The molecule has 6 nitrogen and oxygen atoms in total. The number of rotatable bonds is 4. The van der Waals surface area contributed by atoms with Crippen LogP contribution in [-0.4, -0.2) is 36.6 Å². The molecular formula is C22H28N2O4. The topological polar surface area (TPSA) is 67.9 Å². The van der Waals surface area contributed by atoms with Gasteiger partial charge < -0.3 is 9.47 Å². The third-order valence-corrected chi connectivity index (χ3v) is 4.57. The molecule has 0 radical (unpaired) electrons. The highest BCUT2D eigenvalue weighted by molar-refractivity contribution is 6.01. The number of hydrogen-bond acceptors (Lipinski definition) is 4. The molecule has 2 rings (SSSR count). The molecule has 2 amide bonds. The third kappa shape index (κ3) is 4.44. The fraction of sp³-hybridized carbons (Fsp3) is 0.364. The van der Waals surface area contributed by atoms with Crippen LogP contribution in [0.3, 0.4) is 0 Å². The first-order valence-electron chi connectivity index (χ1n) is 9.04. The Morgan fingerprint density at radius 1 is 0.964 bits per heavy atom. The van der Waals surface area contributed by atoms with Crippen LogP contribution in [0.15, 0.2) is 36.4 Å². The van der Waals surface area contributed by atoms with Gasteiger partial charge in [-0.3, -0.25) is 15.0 Å². The maximum absolute atomic E-state index is 13.3. The molecule has 0 aliphatic heterocycles. The van der Waals surface area contributed by atoms with E-state index < -0.39 is 5.54 Å². The van der Waals surface area contributed by atoms with Crippen LogP contribution in [-0.2, 0) is 0 Å². The maximum atomic E-state index is 13.3. The molecule has 0 aromatic heterocycles. The second-order valence-corrected chi connectivity index (χ2v) is 7.57. The molecule has 0 heterocycles. The second-order valence-electron chi connectivity index (χ2n) is 7.57. The lowest BCUT2D eigenvalue weighted by molar-refractivity contribution is 0.0355. The minimum Gasteiger partial charge on any atom is -0.497 e. The van der Waals surface area contributed by atoms with Crippen LogP contribution in [0.4, 0.5) is 0 Å². The lowest BCUT2D eigenvalue weighted by atomic mass is 10.0. The molecule has 1 N–H and O–H groups in total. The van der Waals surface area contributed by atoms with Crippen LogP contribution >= 0.6 is 0 Å². The van der Waals surface area contributed by atoms with E-state index in [2.05, 4.69) is 5.43 Å².